The third kappa shape index (κ3) is 3.44. The summed E-state index contributed by atoms with van der Waals surface area (Å²) in [6, 6.07) is 9.24. The van der Waals surface area contributed by atoms with Gasteiger partial charge < -0.3 is 14.6 Å². The quantitative estimate of drug-likeness (QED) is 0.794. The minimum atomic E-state index is -0.770. The third-order valence-electron chi connectivity index (χ3n) is 4.95. The summed E-state index contributed by atoms with van der Waals surface area (Å²) in [4.78, 5) is 16.3. The highest BCUT2D eigenvalue weighted by Gasteiger charge is 2.39. The Morgan fingerprint density at radius 3 is 2.50 bits per heavy atom. The average Bonchev–Trinajstić information content (AvgIpc) is 3.32. The Balaban J connectivity index is 2.17. The van der Waals surface area contributed by atoms with E-state index in [9.17, 15) is 9.90 Å². The standard InChI is InChI=1S/C20H25NO4S/c1-4-13-10-11-17(26-13)19(21-12-6-7-14(21)20(22)23)18-15(24-2)8-5-9-16(18)25-3/h5,8-11,14,19H,4,6-7,12H2,1-3H3,(H,22,23). The molecular weight excluding hydrogens is 350 g/mol. The molecule has 1 aliphatic heterocycles. The minimum absolute atomic E-state index is 0.199. The number of likely N-dealkylation sites (tertiary alicyclic amines) is 1. The van der Waals surface area contributed by atoms with Gasteiger partial charge in [0.1, 0.15) is 17.5 Å². The van der Waals surface area contributed by atoms with E-state index in [2.05, 4.69) is 24.0 Å². The zero-order valence-corrected chi connectivity index (χ0v) is 16.2. The van der Waals surface area contributed by atoms with Crippen LogP contribution in [0.2, 0.25) is 0 Å². The monoisotopic (exact) mass is 375 g/mol. The predicted molar refractivity (Wildman–Crippen MR) is 102 cm³/mol. The molecule has 0 radical (unpaired) electrons. The summed E-state index contributed by atoms with van der Waals surface area (Å²) in [5.41, 5.74) is 0.898. The SMILES string of the molecule is CCc1ccc(C(c2c(OC)cccc2OC)N2CCCC2C(=O)O)s1. The van der Waals surface area contributed by atoms with Gasteiger partial charge in [-0.25, -0.2) is 0 Å². The summed E-state index contributed by atoms with van der Waals surface area (Å²) < 4.78 is 11.3. The first-order valence-corrected chi connectivity index (χ1v) is 9.70. The number of aliphatic carboxylic acids is 1. The summed E-state index contributed by atoms with van der Waals surface area (Å²) in [6.07, 6.45) is 2.50. The van der Waals surface area contributed by atoms with Crippen LogP contribution in [0.4, 0.5) is 0 Å². The molecule has 26 heavy (non-hydrogen) atoms. The lowest BCUT2D eigenvalue weighted by Gasteiger charge is -2.32. The second kappa shape index (κ2) is 8.10. The Morgan fingerprint density at radius 1 is 1.27 bits per heavy atom. The number of hydrogen-bond acceptors (Lipinski definition) is 5. The van der Waals surface area contributed by atoms with Crippen molar-refractivity contribution in [3.63, 3.8) is 0 Å². The molecule has 2 heterocycles. The zero-order chi connectivity index (χ0) is 18.7. The number of hydrogen-bond donors (Lipinski definition) is 1. The van der Waals surface area contributed by atoms with Crippen LogP contribution in [0, 0.1) is 0 Å². The predicted octanol–water partition coefficient (Wildman–Crippen LogP) is 3.97. The summed E-state index contributed by atoms with van der Waals surface area (Å²) in [6.45, 7) is 2.87. The number of methoxy groups -OCH3 is 2. The van der Waals surface area contributed by atoms with Crippen LogP contribution in [0.25, 0.3) is 0 Å². The van der Waals surface area contributed by atoms with Gasteiger partial charge in [-0.2, -0.15) is 0 Å². The first-order valence-electron chi connectivity index (χ1n) is 8.88. The molecule has 1 aliphatic rings. The maximum Gasteiger partial charge on any atom is 0.320 e. The number of aryl methyl sites for hydroxylation is 1. The topological polar surface area (TPSA) is 59.0 Å². The van der Waals surface area contributed by atoms with E-state index in [-0.39, 0.29) is 6.04 Å². The largest absolute Gasteiger partial charge is 0.496 e. The van der Waals surface area contributed by atoms with Crippen LogP contribution in [0.3, 0.4) is 0 Å². The van der Waals surface area contributed by atoms with E-state index < -0.39 is 12.0 Å². The normalized spacial score (nSPS) is 18.7. The number of carboxylic acids is 1. The molecule has 0 aliphatic carbocycles. The van der Waals surface area contributed by atoms with Crippen LogP contribution in [0.1, 0.15) is 41.1 Å². The molecule has 1 N–H and O–H groups in total. The van der Waals surface area contributed by atoms with Gasteiger partial charge in [-0.15, -0.1) is 11.3 Å². The van der Waals surface area contributed by atoms with Gasteiger partial charge in [-0.3, -0.25) is 9.69 Å². The van der Waals surface area contributed by atoms with Gasteiger partial charge in [-0.05, 0) is 43.5 Å². The Hall–Kier alpha value is -2.05. The van der Waals surface area contributed by atoms with Crippen molar-refractivity contribution < 1.29 is 19.4 Å². The Labute approximate surface area is 158 Å². The molecule has 0 bridgehead atoms. The molecule has 1 saturated heterocycles. The van der Waals surface area contributed by atoms with Gasteiger partial charge in [0.25, 0.3) is 0 Å². The molecular formula is C20H25NO4S. The van der Waals surface area contributed by atoms with E-state index in [1.54, 1.807) is 25.6 Å². The lowest BCUT2D eigenvalue weighted by molar-refractivity contribution is -0.142. The van der Waals surface area contributed by atoms with Crippen LogP contribution in [0.5, 0.6) is 11.5 Å². The van der Waals surface area contributed by atoms with Crippen LogP contribution in [-0.2, 0) is 11.2 Å². The van der Waals surface area contributed by atoms with Crippen molar-refractivity contribution in [3.05, 3.63) is 45.6 Å². The van der Waals surface area contributed by atoms with E-state index in [4.69, 9.17) is 9.47 Å². The molecule has 1 fully saturated rings. The lowest BCUT2D eigenvalue weighted by atomic mass is 10.00. The van der Waals surface area contributed by atoms with Crippen LogP contribution >= 0.6 is 11.3 Å². The molecule has 1 aromatic carbocycles. The number of carboxylic acid groups (broad SMARTS) is 1. The zero-order valence-electron chi connectivity index (χ0n) is 15.4. The molecule has 3 rings (SSSR count). The smallest absolute Gasteiger partial charge is 0.320 e. The summed E-state index contributed by atoms with van der Waals surface area (Å²) in [5.74, 6) is 0.669. The number of thiophene rings is 1. The van der Waals surface area contributed by atoms with E-state index in [0.29, 0.717) is 6.42 Å². The van der Waals surface area contributed by atoms with Gasteiger partial charge in [0.15, 0.2) is 0 Å². The number of carbonyl (C=O) groups is 1. The molecule has 2 aromatic rings. The lowest BCUT2D eigenvalue weighted by Crippen LogP contribution is -2.39. The highest BCUT2D eigenvalue weighted by Crippen LogP contribution is 2.45. The van der Waals surface area contributed by atoms with Crippen LogP contribution in [-0.4, -0.2) is 42.8 Å². The summed E-state index contributed by atoms with van der Waals surface area (Å²) in [7, 11) is 3.28. The molecule has 2 atom stereocenters. The van der Waals surface area contributed by atoms with Crippen molar-refractivity contribution in [2.45, 2.75) is 38.3 Å². The molecule has 0 amide bonds. The Morgan fingerprint density at radius 2 is 1.96 bits per heavy atom. The van der Waals surface area contributed by atoms with Gasteiger partial charge in [0.05, 0.1) is 25.8 Å². The molecule has 140 valence electrons. The highest BCUT2D eigenvalue weighted by molar-refractivity contribution is 7.12. The molecule has 0 saturated carbocycles. The van der Waals surface area contributed by atoms with E-state index in [0.717, 1.165) is 41.3 Å². The minimum Gasteiger partial charge on any atom is -0.496 e. The molecule has 0 spiro atoms. The third-order valence-corrected chi connectivity index (χ3v) is 6.23. The summed E-state index contributed by atoms with van der Waals surface area (Å²) in [5, 5.41) is 9.73. The fraction of sp³-hybridized carbons (Fsp3) is 0.450. The average molecular weight is 375 g/mol. The van der Waals surface area contributed by atoms with Gasteiger partial charge in [0, 0.05) is 16.3 Å². The van der Waals surface area contributed by atoms with Crippen molar-refractivity contribution in [1.82, 2.24) is 4.90 Å². The second-order valence-corrected chi connectivity index (χ2v) is 7.57. The first-order chi connectivity index (χ1) is 12.6. The van der Waals surface area contributed by atoms with E-state index in [1.807, 2.05) is 18.2 Å². The number of rotatable bonds is 7. The van der Waals surface area contributed by atoms with Crippen LogP contribution in [0.15, 0.2) is 30.3 Å². The summed E-state index contributed by atoms with van der Waals surface area (Å²) >= 11 is 1.73. The van der Waals surface area contributed by atoms with Crippen molar-refractivity contribution in [2.75, 3.05) is 20.8 Å². The Kier molecular flexibility index (Phi) is 5.84. The van der Waals surface area contributed by atoms with Gasteiger partial charge in [0.2, 0.25) is 0 Å². The number of ether oxygens (including phenoxy) is 2. The fourth-order valence-corrected chi connectivity index (χ4v) is 4.80. The van der Waals surface area contributed by atoms with E-state index >= 15 is 0 Å². The van der Waals surface area contributed by atoms with Crippen molar-refractivity contribution >= 4 is 17.3 Å². The van der Waals surface area contributed by atoms with Crippen LogP contribution < -0.4 is 9.47 Å². The molecule has 5 nitrogen and oxygen atoms in total. The van der Waals surface area contributed by atoms with Gasteiger partial charge in [-0.1, -0.05) is 13.0 Å². The molecule has 2 unspecified atom stereocenters. The highest BCUT2D eigenvalue weighted by atomic mass is 32.1. The van der Waals surface area contributed by atoms with E-state index in [1.165, 1.54) is 4.88 Å². The van der Waals surface area contributed by atoms with Crippen molar-refractivity contribution in [1.29, 1.82) is 0 Å². The Bertz CT molecular complexity index is 751. The number of nitrogens with zero attached hydrogens (tertiary/aromatic N) is 1. The maximum absolute atomic E-state index is 11.8. The van der Waals surface area contributed by atoms with Crippen molar-refractivity contribution in [2.24, 2.45) is 0 Å². The van der Waals surface area contributed by atoms with Gasteiger partial charge >= 0.3 is 5.97 Å². The maximum atomic E-state index is 11.8. The molecule has 6 heteroatoms. The number of benzene rings is 1. The second-order valence-electron chi connectivity index (χ2n) is 6.37. The first kappa shape index (κ1) is 18.7. The fourth-order valence-electron chi connectivity index (χ4n) is 3.72. The molecule has 1 aromatic heterocycles. The van der Waals surface area contributed by atoms with Crippen molar-refractivity contribution in [3.8, 4) is 11.5 Å².